The van der Waals surface area contributed by atoms with Crippen LogP contribution in [0.5, 0.6) is 0 Å². The van der Waals surface area contributed by atoms with E-state index in [1.807, 2.05) is 43.9 Å². The van der Waals surface area contributed by atoms with Gasteiger partial charge in [0.25, 0.3) is 5.91 Å². The summed E-state index contributed by atoms with van der Waals surface area (Å²) in [6.07, 6.45) is 0. The number of nitrogens with one attached hydrogen (secondary N) is 1. The third-order valence-electron chi connectivity index (χ3n) is 3.63. The average Bonchev–Trinajstić information content (AvgIpc) is 2.79. The Bertz CT molecular complexity index is 660. The summed E-state index contributed by atoms with van der Waals surface area (Å²) in [7, 11) is 0. The summed E-state index contributed by atoms with van der Waals surface area (Å²) < 4.78 is 5.65. The van der Waals surface area contributed by atoms with E-state index in [0.29, 0.717) is 25.4 Å². The molecule has 1 aromatic heterocycles. The molecule has 0 atom stereocenters. The number of nitrogens with zero attached hydrogens (tertiary/aromatic N) is 2. The van der Waals surface area contributed by atoms with Crippen molar-refractivity contribution in [2.45, 2.75) is 26.4 Å². The Hall–Kier alpha value is -1.88. The second-order valence-electron chi connectivity index (χ2n) is 5.96. The fourth-order valence-electron chi connectivity index (χ4n) is 2.63. The number of carbonyl (C=O) groups is 1. The predicted octanol–water partition coefficient (Wildman–Crippen LogP) is 2.12. The van der Waals surface area contributed by atoms with Gasteiger partial charge in [-0.1, -0.05) is 11.6 Å². The fraction of sp³-hybridized carbons (Fsp3) is 0.467. The lowest BCUT2D eigenvalue weighted by Crippen LogP contribution is -2.50. The molecule has 0 spiro atoms. The molecule has 0 radical (unpaired) electrons. The van der Waals surface area contributed by atoms with E-state index in [2.05, 4.69) is 10.2 Å². The standard InChI is InChI=1S/C15H19N3O2/c1-10-4-5-12-11(8-10)13(17-16-12)14(19)18-6-7-20-15(2,3)9-18/h4-5,8H,6-7,9H2,1-3H3,(H,16,17). The van der Waals surface area contributed by atoms with Crippen LogP contribution in [0.25, 0.3) is 10.9 Å². The number of ether oxygens (including phenoxy) is 1. The first-order valence-electron chi connectivity index (χ1n) is 6.84. The largest absolute Gasteiger partial charge is 0.372 e. The van der Waals surface area contributed by atoms with Crippen LogP contribution < -0.4 is 0 Å². The third kappa shape index (κ3) is 2.29. The molecule has 3 rings (SSSR count). The van der Waals surface area contributed by atoms with Crippen molar-refractivity contribution >= 4 is 16.8 Å². The van der Waals surface area contributed by atoms with Crippen LogP contribution >= 0.6 is 0 Å². The van der Waals surface area contributed by atoms with E-state index in [1.54, 1.807) is 0 Å². The highest BCUT2D eigenvalue weighted by atomic mass is 16.5. The number of fused-ring (bicyclic) bond motifs is 1. The molecule has 1 N–H and O–H groups in total. The Morgan fingerprint density at radius 1 is 1.45 bits per heavy atom. The summed E-state index contributed by atoms with van der Waals surface area (Å²) in [6, 6.07) is 5.96. The number of hydrogen-bond acceptors (Lipinski definition) is 3. The minimum Gasteiger partial charge on any atom is -0.372 e. The lowest BCUT2D eigenvalue weighted by Gasteiger charge is -2.37. The normalized spacial score (nSPS) is 18.4. The van der Waals surface area contributed by atoms with E-state index in [1.165, 1.54) is 0 Å². The molecule has 0 aliphatic carbocycles. The Morgan fingerprint density at radius 3 is 3.00 bits per heavy atom. The van der Waals surface area contributed by atoms with Crippen LogP contribution in [0.4, 0.5) is 0 Å². The lowest BCUT2D eigenvalue weighted by atomic mass is 10.1. The van der Waals surface area contributed by atoms with Crippen molar-refractivity contribution in [1.29, 1.82) is 0 Å². The van der Waals surface area contributed by atoms with Crippen LogP contribution in [0.3, 0.4) is 0 Å². The Balaban J connectivity index is 1.94. The van der Waals surface area contributed by atoms with E-state index in [0.717, 1.165) is 16.5 Å². The van der Waals surface area contributed by atoms with Crippen molar-refractivity contribution in [2.24, 2.45) is 0 Å². The zero-order valence-electron chi connectivity index (χ0n) is 12.1. The lowest BCUT2D eigenvalue weighted by molar-refractivity contribution is -0.0764. The maximum absolute atomic E-state index is 12.7. The molecule has 1 saturated heterocycles. The molecule has 0 saturated carbocycles. The molecule has 106 valence electrons. The van der Waals surface area contributed by atoms with Crippen molar-refractivity contribution in [3.8, 4) is 0 Å². The van der Waals surface area contributed by atoms with Crippen molar-refractivity contribution in [3.63, 3.8) is 0 Å². The number of H-pyrrole nitrogens is 1. The Labute approximate surface area is 117 Å². The van der Waals surface area contributed by atoms with Crippen molar-refractivity contribution < 1.29 is 9.53 Å². The molecular formula is C15H19N3O2. The van der Waals surface area contributed by atoms with E-state index in [9.17, 15) is 4.79 Å². The van der Waals surface area contributed by atoms with Crippen molar-refractivity contribution in [3.05, 3.63) is 29.5 Å². The second-order valence-corrected chi connectivity index (χ2v) is 5.96. The summed E-state index contributed by atoms with van der Waals surface area (Å²) in [5.41, 5.74) is 2.22. The van der Waals surface area contributed by atoms with Gasteiger partial charge in [-0.3, -0.25) is 9.89 Å². The van der Waals surface area contributed by atoms with E-state index in [-0.39, 0.29) is 11.5 Å². The first-order chi connectivity index (χ1) is 9.46. The number of carbonyl (C=O) groups excluding carboxylic acids is 1. The molecule has 20 heavy (non-hydrogen) atoms. The van der Waals surface area contributed by atoms with Crippen LogP contribution in [0.15, 0.2) is 18.2 Å². The molecule has 2 heterocycles. The monoisotopic (exact) mass is 273 g/mol. The SMILES string of the molecule is Cc1ccc2[nH]nc(C(=O)N3CCOC(C)(C)C3)c2c1. The number of aromatic nitrogens is 2. The van der Waals surface area contributed by atoms with Crippen LogP contribution in [-0.4, -0.2) is 46.3 Å². The molecule has 1 aliphatic heterocycles. The number of rotatable bonds is 1. The van der Waals surface area contributed by atoms with Gasteiger partial charge in [-0.25, -0.2) is 0 Å². The van der Waals surface area contributed by atoms with Gasteiger partial charge < -0.3 is 9.64 Å². The maximum Gasteiger partial charge on any atom is 0.275 e. The molecule has 5 nitrogen and oxygen atoms in total. The molecule has 5 heteroatoms. The van der Waals surface area contributed by atoms with Crippen molar-refractivity contribution in [2.75, 3.05) is 19.7 Å². The number of hydrogen-bond donors (Lipinski definition) is 1. The molecular weight excluding hydrogens is 254 g/mol. The summed E-state index contributed by atoms with van der Waals surface area (Å²) >= 11 is 0. The highest BCUT2D eigenvalue weighted by Crippen LogP contribution is 2.22. The number of benzene rings is 1. The first kappa shape index (κ1) is 13.1. The van der Waals surface area contributed by atoms with Crippen LogP contribution in [0.2, 0.25) is 0 Å². The van der Waals surface area contributed by atoms with Gasteiger partial charge in [0.2, 0.25) is 0 Å². The Kier molecular flexibility index (Phi) is 3.01. The van der Waals surface area contributed by atoms with Gasteiger partial charge >= 0.3 is 0 Å². The highest BCUT2D eigenvalue weighted by molar-refractivity contribution is 6.04. The quantitative estimate of drug-likeness (QED) is 0.866. The molecule has 1 aliphatic rings. The topological polar surface area (TPSA) is 58.2 Å². The molecule has 0 bridgehead atoms. The van der Waals surface area contributed by atoms with Crippen LogP contribution in [0.1, 0.15) is 29.9 Å². The van der Waals surface area contributed by atoms with Gasteiger partial charge in [0, 0.05) is 18.5 Å². The number of morpholine rings is 1. The maximum atomic E-state index is 12.7. The Morgan fingerprint density at radius 2 is 2.25 bits per heavy atom. The van der Waals surface area contributed by atoms with Crippen molar-refractivity contribution in [1.82, 2.24) is 15.1 Å². The van der Waals surface area contributed by atoms with E-state index < -0.39 is 0 Å². The van der Waals surface area contributed by atoms with E-state index >= 15 is 0 Å². The highest BCUT2D eigenvalue weighted by Gasteiger charge is 2.31. The van der Waals surface area contributed by atoms with E-state index in [4.69, 9.17) is 4.74 Å². The van der Waals surface area contributed by atoms with Gasteiger partial charge in [0.05, 0.1) is 17.7 Å². The molecule has 1 amide bonds. The summed E-state index contributed by atoms with van der Waals surface area (Å²) in [4.78, 5) is 14.5. The zero-order chi connectivity index (χ0) is 14.3. The summed E-state index contributed by atoms with van der Waals surface area (Å²) in [5.74, 6) is -0.0294. The van der Waals surface area contributed by atoms with Crippen LogP contribution in [-0.2, 0) is 4.74 Å². The molecule has 1 fully saturated rings. The van der Waals surface area contributed by atoms with Gasteiger partial charge in [-0.2, -0.15) is 5.10 Å². The average molecular weight is 273 g/mol. The van der Waals surface area contributed by atoms with Gasteiger partial charge in [0.15, 0.2) is 5.69 Å². The minimum atomic E-state index is -0.296. The minimum absolute atomic E-state index is 0.0294. The summed E-state index contributed by atoms with van der Waals surface area (Å²) in [5, 5.41) is 8.02. The smallest absolute Gasteiger partial charge is 0.275 e. The third-order valence-corrected chi connectivity index (χ3v) is 3.63. The number of amides is 1. The fourth-order valence-corrected chi connectivity index (χ4v) is 2.63. The predicted molar refractivity (Wildman–Crippen MR) is 76.8 cm³/mol. The van der Waals surface area contributed by atoms with Crippen LogP contribution in [0, 0.1) is 6.92 Å². The molecule has 2 aromatic rings. The zero-order valence-corrected chi connectivity index (χ0v) is 12.1. The van der Waals surface area contributed by atoms with Gasteiger partial charge in [-0.05, 0) is 32.9 Å². The molecule has 1 aromatic carbocycles. The molecule has 0 unspecified atom stereocenters. The number of aromatic amines is 1. The number of aryl methyl sites for hydroxylation is 1. The van der Waals surface area contributed by atoms with Gasteiger partial charge in [0.1, 0.15) is 0 Å². The van der Waals surface area contributed by atoms with Gasteiger partial charge in [-0.15, -0.1) is 0 Å². The summed E-state index contributed by atoms with van der Waals surface area (Å²) in [6.45, 7) is 7.78. The first-order valence-corrected chi connectivity index (χ1v) is 6.84. The second kappa shape index (κ2) is 4.59.